The van der Waals surface area contributed by atoms with Crippen LogP contribution in [0.15, 0.2) is 48.5 Å². The van der Waals surface area contributed by atoms with Crippen LogP contribution in [-0.4, -0.2) is 15.5 Å². The Morgan fingerprint density at radius 3 is 2.28 bits per heavy atom. The summed E-state index contributed by atoms with van der Waals surface area (Å²) in [6.07, 6.45) is 3.10. The topological polar surface area (TPSA) is 34.9 Å². The van der Waals surface area contributed by atoms with Gasteiger partial charge in [-0.2, -0.15) is 0 Å². The Labute approximate surface area is 144 Å². The normalized spacial score (nSPS) is 11.2. The van der Waals surface area contributed by atoms with Crippen LogP contribution < -0.4 is 0 Å². The summed E-state index contributed by atoms with van der Waals surface area (Å²) in [7, 11) is 0. The lowest BCUT2D eigenvalue weighted by atomic mass is 10.2. The highest BCUT2D eigenvalue weighted by molar-refractivity contribution is 5.98. The van der Waals surface area contributed by atoms with Crippen molar-refractivity contribution >= 4 is 18.1 Å². The molecule has 3 aromatic rings. The summed E-state index contributed by atoms with van der Waals surface area (Å²) in [5.41, 5.74) is 1.61. The van der Waals surface area contributed by atoms with Gasteiger partial charge in [-0.05, 0) is 44.2 Å². The number of hydrogen-bond acceptors (Lipinski definition) is 2. The number of rotatable bonds is 3. The predicted molar refractivity (Wildman–Crippen MR) is 93.2 cm³/mol. The first-order valence-corrected chi connectivity index (χ1v) is 7.77. The molecule has 25 heavy (non-hydrogen) atoms. The average Bonchev–Trinajstić information content (AvgIpc) is 2.88. The van der Waals surface area contributed by atoms with Crippen molar-refractivity contribution in [3.63, 3.8) is 0 Å². The third-order valence-corrected chi connectivity index (χ3v) is 3.99. The molecule has 0 amide bonds. The summed E-state index contributed by atoms with van der Waals surface area (Å²) >= 11 is 0. The first-order chi connectivity index (χ1) is 12.0. The molecule has 3 rings (SSSR count). The standard InChI is InChI=1S/C20H16F2N2O/c1-13-14(2)24(20(25)16-8-4-6-10-18(16)22)19(23-13)12-11-15-7-3-5-9-17(15)21/h3-12H,1-2H3. The van der Waals surface area contributed by atoms with Crippen LogP contribution in [0.4, 0.5) is 8.78 Å². The average molecular weight is 338 g/mol. The van der Waals surface area contributed by atoms with Gasteiger partial charge < -0.3 is 0 Å². The van der Waals surface area contributed by atoms with E-state index in [9.17, 15) is 13.6 Å². The van der Waals surface area contributed by atoms with Crippen molar-refractivity contribution in [3.8, 4) is 0 Å². The van der Waals surface area contributed by atoms with Crippen molar-refractivity contribution < 1.29 is 13.6 Å². The van der Waals surface area contributed by atoms with Gasteiger partial charge >= 0.3 is 0 Å². The minimum atomic E-state index is -0.595. The number of aryl methyl sites for hydroxylation is 1. The smallest absolute Gasteiger partial charge is 0.266 e. The van der Waals surface area contributed by atoms with E-state index in [-0.39, 0.29) is 11.4 Å². The van der Waals surface area contributed by atoms with Gasteiger partial charge in [-0.1, -0.05) is 30.3 Å². The fourth-order valence-corrected chi connectivity index (χ4v) is 2.53. The molecule has 0 saturated heterocycles. The maximum absolute atomic E-state index is 14.0. The Balaban J connectivity index is 2.05. The molecule has 1 aromatic heterocycles. The molecule has 0 fully saturated rings. The molecule has 2 aromatic carbocycles. The van der Waals surface area contributed by atoms with E-state index in [4.69, 9.17) is 0 Å². The number of aromatic nitrogens is 2. The zero-order valence-electron chi connectivity index (χ0n) is 13.8. The van der Waals surface area contributed by atoms with Gasteiger partial charge in [0.25, 0.3) is 5.91 Å². The fourth-order valence-electron chi connectivity index (χ4n) is 2.53. The van der Waals surface area contributed by atoms with Gasteiger partial charge in [0.1, 0.15) is 17.5 Å². The molecule has 5 heteroatoms. The lowest BCUT2D eigenvalue weighted by molar-refractivity contribution is 0.0953. The van der Waals surface area contributed by atoms with Crippen molar-refractivity contribution in [2.24, 2.45) is 0 Å². The molecule has 0 atom stereocenters. The SMILES string of the molecule is Cc1nc(C=Cc2ccccc2F)n(C(=O)c2ccccc2F)c1C. The molecule has 126 valence electrons. The number of hydrogen-bond donors (Lipinski definition) is 0. The van der Waals surface area contributed by atoms with E-state index < -0.39 is 11.7 Å². The molecule has 0 N–H and O–H groups in total. The summed E-state index contributed by atoms with van der Waals surface area (Å²) in [6, 6.07) is 12.1. The van der Waals surface area contributed by atoms with Gasteiger partial charge in [-0.15, -0.1) is 0 Å². The van der Waals surface area contributed by atoms with Crippen LogP contribution in [0.25, 0.3) is 12.2 Å². The number of benzene rings is 2. The summed E-state index contributed by atoms with van der Waals surface area (Å²) in [5, 5.41) is 0. The number of halogens is 2. The zero-order valence-corrected chi connectivity index (χ0v) is 13.8. The van der Waals surface area contributed by atoms with Crippen LogP contribution >= 0.6 is 0 Å². The minimum Gasteiger partial charge on any atom is -0.268 e. The summed E-state index contributed by atoms with van der Waals surface area (Å²) in [5.74, 6) is -1.15. The lowest BCUT2D eigenvalue weighted by Gasteiger charge is -2.07. The van der Waals surface area contributed by atoms with Gasteiger partial charge in [0.15, 0.2) is 0 Å². The van der Waals surface area contributed by atoms with Gasteiger partial charge in [-0.3, -0.25) is 9.36 Å². The Kier molecular flexibility index (Phi) is 4.57. The third kappa shape index (κ3) is 3.26. The Hall–Kier alpha value is -3.08. The lowest BCUT2D eigenvalue weighted by Crippen LogP contribution is -2.16. The highest BCUT2D eigenvalue weighted by Crippen LogP contribution is 2.18. The van der Waals surface area contributed by atoms with Crippen LogP contribution in [0.1, 0.15) is 33.1 Å². The number of carbonyl (C=O) groups excluding carboxylic acids is 1. The first-order valence-electron chi connectivity index (χ1n) is 7.77. The second kappa shape index (κ2) is 6.81. The van der Waals surface area contributed by atoms with Crippen molar-refractivity contribution in [2.75, 3.05) is 0 Å². The predicted octanol–water partition coefficient (Wildman–Crippen LogP) is 4.64. The summed E-state index contributed by atoms with van der Waals surface area (Å²) in [6.45, 7) is 3.50. The molecule has 0 unspecified atom stereocenters. The van der Waals surface area contributed by atoms with Gasteiger partial charge in [0.05, 0.1) is 11.3 Å². The van der Waals surface area contributed by atoms with E-state index >= 15 is 0 Å². The van der Waals surface area contributed by atoms with E-state index in [1.54, 1.807) is 50.3 Å². The molecule has 0 saturated carbocycles. The summed E-state index contributed by atoms with van der Waals surface area (Å²) in [4.78, 5) is 17.1. The van der Waals surface area contributed by atoms with Gasteiger partial charge in [0.2, 0.25) is 0 Å². The molecule has 0 aliphatic carbocycles. The van der Waals surface area contributed by atoms with Crippen LogP contribution in [0.5, 0.6) is 0 Å². The van der Waals surface area contributed by atoms with Crippen LogP contribution in [0, 0.1) is 25.5 Å². The third-order valence-electron chi connectivity index (χ3n) is 3.99. The Morgan fingerprint density at radius 2 is 1.60 bits per heavy atom. The maximum Gasteiger partial charge on any atom is 0.266 e. The van der Waals surface area contributed by atoms with E-state index in [0.29, 0.717) is 22.8 Å². The van der Waals surface area contributed by atoms with Gasteiger partial charge in [-0.25, -0.2) is 13.8 Å². The molecular formula is C20H16F2N2O. The largest absolute Gasteiger partial charge is 0.268 e. The second-order valence-corrected chi connectivity index (χ2v) is 5.62. The molecule has 3 nitrogen and oxygen atoms in total. The molecule has 1 heterocycles. The molecule has 0 aliphatic heterocycles. The highest BCUT2D eigenvalue weighted by atomic mass is 19.1. The maximum atomic E-state index is 14.0. The highest BCUT2D eigenvalue weighted by Gasteiger charge is 2.19. The molecule has 0 bridgehead atoms. The molecular weight excluding hydrogens is 322 g/mol. The number of nitrogens with zero attached hydrogens (tertiary/aromatic N) is 2. The minimum absolute atomic E-state index is 0.0384. The monoisotopic (exact) mass is 338 g/mol. The molecule has 0 spiro atoms. The van der Waals surface area contributed by atoms with Crippen molar-refractivity contribution in [2.45, 2.75) is 13.8 Å². The van der Waals surface area contributed by atoms with Crippen LogP contribution in [0.3, 0.4) is 0 Å². The quantitative estimate of drug-likeness (QED) is 0.697. The van der Waals surface area contributed by atoms with E-state index in [2.05, 4.69) is 4.98 Å². The Morgan fingerprint density at radius 1 is 0.960 bits per heavy atom. The van der Waals surface area contributed by atoms with Gasteiger partial charge in [0, 0.05) is 11.3 Å². The Bertz CT molecular complexity index is 974. The van der Waals surface area contributed by atoms with E-state index in [1.165, 1.54) is 28.8 Å². The first kappa shape index (κ1) is 16.8. The van der Waals surface area contributed by atoms with E-state index in [1.807, 2.05) is 0 Å². The number of carbonyl (C=O) groups is 1. The molecule has 0 radical (unpaired) electrons. The van der Waals surface area contributed by atoms with Crippen molar-refractivity contribution in [1.29, 1.82) is 0 Å². The molecule has 0 aliphatic rings. The van der Waals surface area contributed by atoms with Crippen molar-refractivity contribution in [1.82, 2.24) is 9.55 Å². The zero-order chi connectivity index (χ0) is 18.0. The number of imidazole rings is 1. The van der Waals surface area contributed by atoms with E-state index in [0.717, 1.165) is 0 Å². The fraction of sp³-hybridized carbons (Fsp3) is 0.100. The summed E-state index contributed by atoms with van der Waals surface area (Å²) < 4.78 is 29.1. The van der Waals surface area contributed by atoms with Crippen LogP contribution in [-0.2, 0) is 0 Å². The van der Waals surface area contributed by atoms with Crippen molar-refractivity contribution in [3.05, 3.63) is 88.5 Å². The second-order valence-electron chi connectivity index (χ2n) is 5.62. The van der Waals surface area contributed by atoms with Crippen LogP contribution in [0.2, 0.25) is 0 Å².